The molecule has 1 aliphatic rings. The molecule has 0 spiro atoms. The van der Waals surface area contributed by atoms with Gasteiger partial charge in [0.25, 0.3) is 5.91 Å². The molecule has 10 heteroatoms. The number of ether oxygens (including phenoxy) is 1. The zero-order chi connectivity index (χ0) is 25.0. The van der Waals surface area contributed by atoms with Gasteiger partial charge >= 0.3 is 0 Å². The summed E-state index contributed by atoms with van der Waals surface area (Å²) in [6, 6.07) is 9.80. The van der Waals surface area contributed by atoms with Crippen molar-refractivity contribution in [3.63, 3.8) is 0 Å². The number of aryl methyl sites for hydroxylation is 2. The summed E-state index contributed by atoms with van der Waals surface area (Å²) in [6.45, 7) is 4.26. The molecular formula is C25H28FN3O4S2. The highest BCUT2D eigenvalue weighted by molar-refractivity contribution is 7.89. The Morgan fingerprint density at radius 3 is 2.43 bits per heavy atom. The number of aromatic nitrogens is 1. The van der Waals surface area contributed by atoms with Crippen LogP contribution in [0, 0.1) is 19.7 Å². The Morgan fingerprint density at radius 2 is 1.74 bits per heavy atom. The van der Waals surface area contributed by atoms with Gasteiger partial charge in [-0.25, -0.2) is 22.5 Å². The molecule has 35 heavy (non-hydrogen) atoms. The molecular weight excluding hydrogens is 489 g/mol. The second-order valence-corrected chi connectivity index (χ2v) is 11.4. The molecule has 186 valence electrons. The van der Waals surface area contributed by atoms with Gasteiger partial charge in [-0.05, 0) is 74.2 Å². The number of thiazole rings is 1. The van der Waals surface area contributed by atoms with Crippen LogP contribution in [0.1, 0.15) is 52.3 Å². The fraction of sp³-hybridized carbons (Fsp3) is 0.360. The van der Waals surface area contributed by atoms with Gasteiger partial charge in [-0.15, -0.1) is 11.3 Å². The van der Waals surface area contributed by atoms with Gasteiger partial charge < -0.3 is 10.1 Å². The van der Waals surface area contributed by atoms with E-state index in [1.807, 2.05) is 26.0 Å². The smallest absolute Gasteiger partial charge is 0.271 e. The van der Waals surface area contributed by atoms with E-state index in [4.69, 9.17) is 4.74 Å². The summed E-state index contributed by atoms with van der Waals surface area (Å²) in [4.78, 5) is 17.3. The highest BCUT2D eigenvalue weighted by atomic mass is 32.2. The molecule has 1 amide bonds. The van der Waals surface area contributed by atoms with Gasteiger partial charge in [0.1, 0.15) is 28.9 Å². The molecule has 0 radical (unpaired) electrons. The van der Waals surface area contributed by atoms with Crippen molar-refractivity contribution in [2.45, 2.75) is 63.1 Å². The molecule has 1 aliphatic carbocycles. The third-order valence-corrected chi connectivity index (χ3v) is 8.18. The second kappa shape index (κ2) is 10.8. The average molecular weight is 518 g/mol. The van der Waals surface area contributed by atoms with Crippen molar-refractivity contribution in [3.8, 4) is 5.75 Å². The Hall–Kier alpha value is -2.82. The highest BCUT2D eigenvalue weighted by Crippen LogP contribution is 2.23. The van der Waals surface area contributed by atoms with Crippen molar-refractivity contribution < 1.29 is 22.3 Å². The first-order valence-corrected chi connectivity index (χ1v) is 13.8. The number of carbonyl (C=O) groups excluding carboxylic acids is 1. The van der Waals surface area contributed by atoms with Gasteiger partial charge in [-0.2, -0.15) is 0 Å². The van der Waals surface area contributed by atoms with Crippen LogP contribution in [0.25, 0.3) is 0 Å². The number of nitrogens with zero attached hydrogens (tertiary/aromatic N) is 1. The molecule has 3 aromatic rings. The number of hydrogen-bond donors (Lipinski definition) is 2. The molecule has 7 nitrogen and oxygen atoms in total. The largest absolute Gasteiger partial charge is 0.486 e. The van der Waals surface area contributed by atoms with Crippen molar-refractivity contribution in [3.05, 3.63) is 75.5 Å². The maximum absolute atomic E-state index is 13.2. The number of nitrogens with one attached hydrogen (secondary N) is 2. The van der Waals surface area contributed by atoms with Crippen LogP contribution >= 0.6 is 11.3 Å². The summed E-state index contributed by atoms with van der Waals surface area (Å²) < 4.78 is 47.3. The SMILES string of the molecule is Cc1cc(C)cc(OCc2nc(C(=O)NC3CCCCC3NS(=O)(=O)c3ccc(F)cc3)cs2)c1. The van der Waals surface area contributed by atoms with E-state index in [0.717, 1.165) is 41.9 Å². The first-order chi connectivity index (χ1) is 16.7. The number of rotatable bonds is 8. The molecule has 2 unspecified atom stereocenters. The highest BCUT2D eigenvalue weighted by Gasteiger charge is 2.31. The number of benzene rings is 2. The van der Waals surface area contributed by atoms with Crippen LogP contribution < -0.4 is 14.8 Å². The Bertz CT molecular complexity index is 1270. The second-order valence-electron chi connectivity index (χ2n) is 8.78. The number of carbonyl (C=O) groups is 1. The Balaban J connectivity index is 1.38. The van der Waals surface area contributed by atoms with E-state index >= 15 is 0 Å². The molecule has 2 aromatic carbocycles. The molecule has 2 atom stereocenters. The summed E-state index contributed by atoms with van der Waals surface area (Å²) in [5, 5.41) is 5.30. The van der Waals surface area contributed by atoms with Gasteiger partial charge in [0.15, 0.2) is 0 Å². The van der Waals surface area contributed by atoms with Gasteiger partial charge in [-0.3, -0.25) is 4.79 Å². The summed E-state index contributed by atoms with van der Waals surface area (Å²) in [6.07, 6.45) is 2.97. The number of halogens is 1. The van der Waals surface area contributed by atoms with Crippen LogP contribution in [0.15, 0.2) is 52.7 Å². The van der Waals surface area contributed by atoms with Crippen LogP contribution in [-0.2, 0) is 16.6 Å². The summed E-state index contributed by atoms with van der Waals surface area (Å²) in [5.41, 5.74) is 2.49. The van der Waals surface area contributed by atoms with Crippen LogP contribution in [-0.4, -0.2) is 31.4 Å². The monoisotopic (exact) mass is 517 g/mol. The molecule has 1 heterocycles. The van der Waals surface area contributed by atoms with Crippen LogP contribution in [0.3, 0.4) is 0 Å². The third-order valence-electron chi connectivity index (χ3n) is 5.85. The Morgan fingerprint density at radius 1 is 1.09 bits per heavy atom. The molecule has 0 saturated heterocycles. The third kappa shape index (κ3) is 6.65. The zero-order valence-electron chi connectivity index (χ0n) is 19.6. The van der Waals surface area contributed by atoms with Crippen LogP contribution in [0.4, 0.5) is 4.39 Å². The molecule has 0 bridgehead atoms. The van der Waals surface area contributed by atoms with Crippen molar-refractivity contribution >= 4 is 27.3 Å². The fourth-order valence-electron chi connectivity index (χ4n) is 4.21. The van der Waals surface area contributed by atoms with E-state index in [0.29, 0.717) is 17.8 Å². The lowest BCUT2D eigenvalue weighted by Gasteiger charge is -2.32. The molecule has 4 rings (SSSR count). The maximum Gasteiger partial charge on any atom is 0.271 e. The Kier molecular flexibility index (Phi) is 7.83. The van der Waals surface area contributed by atoms with E-state index in [2.05, 4.69) is 21.1 Å². The lowest BCUT2D eigenvalue weighted by Crippen LogP contribution is -2.53. The molecule has 1 saturated carbocycles. The minimum Gasteiger partial charge on any atom is -0.486 e. The maximum atomic E-state index is 13.2. The lowest BCUT2D eigenvalue weighted by molar-refractivity contribution is 0.0914. The number of amides is 1. The van der Waals surface area contributed by atoms with Gasteiger partial charge in [0.2, 0.25) is 10.0 Å². The molecule has 1 aromatic heterocycles. The van der Waals surface area contributed by atoms with E-state index < -0.39 is 21.9 Å². The van der Waals surface area contributed by atoms with Crippen molar-refractivity contribution in [2.24, 2.45) is 0 Å². The number of hydrogen-bond acceptors (Lipinski definition) is 6. The predicted octanol–water partition coefficient (Wildman–Crippen LogP) is 4.50. The van der Waals surface area contributed by atoms with Gasteiger partial charge in [-0.1, -0.05) is 18.9 Å². The average Bonchev–Trinajstić information content (AvgIpc) is 3.28. The summed E-state index contributed by atoms with van der Waals surface area (Å²) in [5.74, 6) is -0.104. The minimum absolute atomic E-state index is 0.0116. The van der Waals surface area contributed by atoms with Crippen LogP contribution in [0.2, 0.25) is 0 Å². The summed E-state index contributed by atoms with van der Waals surface area (Å²) >= 11 is 1.34. The van der Waals surface area contributed by atoms with Gasteiger partial charge in [0.05, 0.1) is 4.90 Å². The topological polar surface area (TPSA) is 97.4 Å². The van der Waals surface area contributed by atoms with E-state index in [1.54, 1.807) is 5.38 Å². The van der Waals surface area contributed by atoms with Crippen molar-refractivity contribution in [1.29, 1.82) is 0 Å². The van der Waals surface area contributed by atoms with Crippen molar-refractivity contribution in [2.75, 3.05) is 0 Å². The quantitative estimate of drug-likeness (QED) is 0.459. The van der Waals surface area contributed by atoms with Crippen molar-refractivity contribution in [1.82, 2.24) is 15.0 Å². The lowest BCUT2D eigenvalue weighted by atomic mass is 9.91. The molecule has 0 aliphatic heterocycles. The summed E-state index contributed by atoms with van der Waals surface area (Å²) in [7, 11) is -3.84. The standard InChI is InChI=1S/C25H28FN3O4S2/c1-16-11-17(2)13-19(12-16)33-14-24-27-23(15-34-24)25(30)28-21-5-3-4-6-22(21)29-35(31,32)20-9-7-18(26)8-10-20/h7-13,15,21-22,29H,3-6,14H2,1-2H3,(H,28,30). The number of sulfonamides is 1. The Labute approximate surface area is 208 Å². The normalized spacial score (nSPS) is 18.3. The minimum atomic E-state index is -3.84. The predicted molar refractivity (Wildman–Crippen MR) is 133 cm³/mol. The zero-order valence-corrected chi connectivity index (χ0v) is 21.2. The molecule has 1 fully saturated rings. The molecule has 2 N–H and O–H groups in total. The van der Waals surface area contributed by atoms with Crippen LogP contribution in [0.5, 0.6) is 5.75 Å². The first kappa shape index (κ1) is 25.3. The fourth-order valence-corrected chi connectivity index (χ4v) is 6.21. The van der Waals surface area contributed by atoms with Gasteiger partial charge in [0, 0.05) is 17.5 Å². The van der Waals surface area contributed by atoms with E-state index in [9.17, 15) is 17.6 Å². The van der Waals surface area contributed by atoms with E-state index in [-0.39, 0.29) is 29.1 Å². The van der Waals surface area contributed by atoms with E-state index in [1.165, 1.54) is 23.5 Å². The first-order valence-electron chi connectivity index (χ1n) is 11.4.